The van der Waals surface area contributed by atoms with E-state index in [0.717, 1.165) is 32.9 Å². The average molecular weight is 474 g/mol. The highest BCUT2D eigenvalue weighted by Gasteiger charge is 2.29. The maximum atomic E-state index is 14.8. The van der Waals surface area contributed by atoms with Crippen LogP contribution in [0.15, 0.2) is 130 Å². The van der Waals surface area contributed by atoms with Crippen molar-refractivity contribution in [3.63, 3.8) is 0 Å². The number of hydrogen-bond donors (Lipinski definition) is 0. The predicted octanol–water partition coefficient (Wildman–Crippen LogP) is 8.09. The number of benzene rings is 4. The minimum atomic E-state index is -3.05. The largest absolute Gasteiger partial charge is 0.285 e. The van der Waals surface area contributed by atoms with Gasteiger partial charge in [0.15, 0.2) is 0 Å². The van der Waals surface area contributed by atoms with E-state index in [1.54, 1.807) is 6.08 Å². The van der Waals surface area contributed by atoms with E-state index in [2.05, 4.69) is 43.8 Å². The Balaban J connectivity index is 1.73. The second kappa shape index (κ2) is 8.22. The smallest absolute Gasteiger partial charge is 0.218 e. The van der Waals surface area contributed by atoms with Crippen LogP contribution in [0.25, 0.3) is 27.4 Å². The summed E-state index contributed by atoms with van der Waals surface area (Å²) in [6, 6.07) is 31.6. The van der Waals surface area contributed by atoms with Gasteiger partial charge < -0.3 is 0 Å². The molecule has 5 aromatic rings. The Labute approximate surface area is 204 Å². The normalized spacial score (nSPS) is 17.6. The van der Waals surface area contributed by atoms with Gasteiger partial charge in [-0.05, 0) is 60.5 Å². The lowest BCUT2D eigenvalue weighted by Crippen LogP contribution is -2.24. The molecule has 1 atom stereocenters. The molecule has 0 N–H and O–H groups in total. The summed E-state index contributed by atoms with van der Waals surface area (Å²) in [5.74, 6) is 0. The highest BCUT2D eigenvalue weighted by molar-refractivity contribution is 8.08. The van der Waals surface area contributed by atoms with Gasteiger partial charge >= 0.3 is 0 Å². The molecular formula is C30H23N3OS. The zero-order chi connectivity index (χ0) is 24.0. The van der Waals surface area contributed by atoms with E-state index in [9.17, 15) is 4.21 Å². The summed E-state index contributed by atoms with van der Waals surface area (Å²) in [5, 5.41) is 2.58. The molecule has 1 aliphatic heterocycles. The van der Waals surface area contributed by atoms with Gasteiger partial charge in [-0.25, -0.2) is 9.20 Å². The fourth-order valence-electron chi connectivity index (χ4n) is 4.61. The van der Waals surface area contributed by atoms with Crippen molar-refractivity contribution in [3.8, 4) is 0 Å². The SMILES string of the molecule is C=C/C=C(\C)c1ccc2c(c1)c1ccccc1n2C1=Nc2ccccc2N=S1(=O)c1ccccc1. The summed E-state index contributed by atoms with van der Waals surface area (Å²) in [4.78, 5) is 5.63. The van der Waals surface area contributed by atoms with Crippen LogP contribution in [-0.2, 0) is 9.73 Å². The number of aromatic nitrogens is 1. The molecule has 4 nitrogen and oxygen atoms in total. The number of aliphatic imine (C=N–C) groups is 1. The van der Waals surface area contributed by atoms with Gasteiger partial charge in [0.1, 0.15) is 9.73 Å². The summed E-state index contributed by atoms with van der Waals surface area (Å²) in [5.41, 5.74) is 5.49. The third-order valence-electron chi connectivity index (χ3n) is 6.32. The van der Waals surface area contributed by atoms with Gasteiger partial charge in [-0.2, -0.15) is 4.36 Å². The molecule has 0 fully saturated rings. The lowest BCUT2D eigenvalue weighted by atomic mass is 10.0. The Morgan fingerprint density at radius 1 is 0.829 bits per heavy atom. The van der Waals surface area contributed by atoms with Crippen LogP contribution in [0, 0.1) is 0 Å². The Morgan fingerprint density at radius 3 is 2.31 bits per heavy atom. The van der Waals surface area contributed by atoms with Crippen molar-refractivity contribution in [1.29, 1.82) is 0 Å². The Morgan fingerprint density at radius 2 is 1.51 bits per heavy atom. The van der Waals surface area contributed by atoms with Crippen molar-refractivity contribution in [2.24, 2.45) is 9.36 Å². The molecule has 170 valence electrons. The van der Waals surface area contributed by atoms with Crippen molar-refractivity contribution in [3.05, 3.63) is 121 Å². The van der Waals surface area contributed by atoms with Gasteiger partial charge in [-0.1, -0.05) is 73.3 Å². The molecule has 5 heteroatoms. The second-order valence-corrected chi connectivity index (χ2v) is 10.6. The van der Waals surface area contributed by atoms with E-state index in [-0.39, 0.29) is 0 Å². The van der Waals surface area contributed by atoms with E-state index in [1.807, 2.05) is 77.4 Å². The van der Waals surface area contributed by atoms with Crippen molar-refractivity contribution in [2.75, 3.05) is 0 Å². The highest BCUT2D eigenvalue weighted by atomic mass is 32.2. The third-order valence-corrected chi connectivity index (χ3v) is 8.46. The molecule has 6 rings (SSSR count). The molecule has 0 spiro atoms. The van der Waals surface area contributed by atoms with Crippen LogP contribution in [0.4, 0.5) is 11.4 Å². The van der Waals surface area contributed by atoms with Gasteiger partial charge in [0, 0.05) is 10.8 Å². The predicted molar refractivity (Wildman–Crippen MR) is 147 cm³/mol. The first-order valence-corrected chi connectivity index (χ1v) is 12.9. The number of hydrogen-bond acceptors (Lipinski definition) is 3. The quantitative estimate of drug-likeness (QED) is 0.244. The molecule has 1 aliphatic rings. The minimum absolute atomic E-state index is 0.430. The minimum Gasteiger partial charge on any atom is -0.285 e. The first-order chi connectivity index (χ1) is 17.1. The van der Waals surface area contributed by atoms with Gasteiger partial charge in [0.2, 0.25) is 5.17 Å². The number of para-hydroxylation sites is 2. The summed E-state index contributed by atoms with van der Waals surface area (Å²) in [7, 11) is -3.05. The number of rotatable bonds is 3. The molecule has 0 aliphatic carbocycles. The number of allylic oxidation sites excluding steroid dienone is 3. The summed E-state index contributed by atoms with van der Waals surface area (Å²) in [6.07, 6.45) is 3.80. The Bertz CT molecular complexity index is 1820. The van der Waals surface area contributed by atoms with Gasteiger partial charge in [-0.15, -0.1) is 0 Å². The molecular weight excluding hydrogens is 450 g/mol. The highest BCUT2D eigenvalue weighted by Crippen LogP contribution is 2.39. The van der Waals surface area contributed by atoms with Crippen molar-refractivity contribution < 1.29 is 4.21 Å². The molecule has 0 amide bonds. The summed E-state index contributed by atoms with van der Waals surface area (Å²) >= 11 is 0. The van der Waals surface area contributed by atoms with Crippen LogP contribution in [0.3, 0.4) is 0 Å². The number of nitrogens with zero attached hydrogens (tertiary/aromatic N) is 3. The van der Waals surface area contributed by atoms with Crippen LogP contribution < -0.4 is 0 Å². The van der Waals surface area contributed by atoms with Crippen LogP contribution in [0.5, 0.6) is 0 Å². The van der Waals surface area contributed by atoms with Crippen molar-refractivity contribution in [1.82, 2.24) is 4.57 Å². The number of fused-ring (bicyclic) bond motifs is 4. The standard InChI is InChI=1S/C30H23N3OS/c1-3-11-21(2)22-18-19-29-25(20-22)24-14-7-10-17-28(24)33(29)30-31-26-15-8-9-16-27(26)32-35(30,34)23-12-5-4-6-13-23/h3-20H,1H2,2H3/b21-11+. The van der Waals surface area contributed by atoms with Crippen LogP contribution in [0.1, 0.15) is 12.5 Å². The fourth-order valence-corrected chi connectivity index (χ4v) is 6.64. The molecule has 0 radical (unpaired) electrons. The molecule has 4 aromatic carbocycles. The lowest BCUT2D eigenvalue weighted by Gasteiger charge is -2.20. The first kappa shape index (κ1) is 21.3. The molecule has 35 heavy (non-hydrogen) atoms. The second-order valence-electron chi connectivity index (χ2n) is 8.48. The van der Waals surface area contributed by atoms with E-state index in [1.165, 1.54) is 0 Å². The zero-order valence-corrected chi connectivity index (χ0v) is 20.1. The zero-order valence-electron chi connectivity index (χ0n) is 19.3. The maximum absolute atomic E-state index is 14.8. The van der Waals surface area contributed by atoms with Crippen LogP contribution >= 0.6 is 0 Å². The van der Waals surface area contributed by atoms with E-state index in [4.69, 9.17) is 9.36 Å². The average Bonchev–Trinajstić information content (AvgIpc) is 3.22. The Kier molecular flexibility index (Phi) is 5.01. The molecule has 1 aromatic heterocycles. The summed E-state index contributed by atoms with van der Waals surface area (Å²) in [6.45, 7) is 5.90. The Hall–Kier alpha value is -4.22. The summed E-state index contributed by atoms with van der Waals surface area (Å²) < 4.78 is 21.7. The molecule has 1 unspecified atom stereocenters. The maximum Gasteiger partial charge on any atom is 0.218 e. The van der Waals surface area contributed by atoms with Crippen LogP contribution in [0.2, 0.25) is 0 Å². The van der Waals surface area contributed by atoms with Gasteiger partial charge in [0.25, 0.3) is 0 Å². The molecule has 0 saturated carbocycles. The molecule has 0 saturated heterocycles. The fraction of sp³-hybridized carbons (Fsp3) is 0.0333. The molecule has 0 bridgehead atoms. The van der Waals surface area contributed by atoms with E-state index < -0.39 is 9.73 Å². The van der Waals surface area contributed by atoms with Crippen molar-refractivity contribution in [2.45, 2.75) is 11.8 Å². The van der Waals surface area contributed by atoms with Crippen molar-refractivity contribution >= 4 is 53.7 Å². The van der Waals surface area contributed by atoms with E-state index >= 15 is 0 Å². The van der Waals surface area contributed by atoms with Gasteiger partial charge in [-0.3, -0.25) is 4.57 Å². The lowest BCUT2D eigenvalue weighted by molar-refractivity contribution is 0.683. The molecule has 2 heterocycles. The topological polar surface area (TPSA) is 46.7 Å². The van der Waals surface area contributed by atoms with Crippen LogP contribution in [-0.4, -0.2) is 13.9 Å². The third kappa shape index (κ3) is 3.35. The monoisotopic (exact) mass is 473 g/mol. The van der Waals surface area contributed by atoms with Gasteiger partial charge in [0.05, 0.1) is 27.3 Å². The van der Waals surface area contributed by atoms with E-state index in [0.29, 0.717) is 21.4 Å². The first-order valence-electron chi connectivity index (χ1n) is 11.4.